The fourth-order valence-electron chi connectivity index (χ4n) is 2.22. The predicted octanol–water partition coefficient (Wildman–Crippen LogP) is 3.14. The van der Waals surface area contributed by atoms with Crippen LogP contribution in [0.15, 0.2) is 48.5 Å². The minimum atomic E-state index is -0.0218. The van der Waals surface area contributed by atoms with Crippen LogP contribution in [0.2, 0.25) is 0 Å². The van der Waals surface area contributed by atoms with Crippen molar-refractivity contribution in [1.29, 1.82) is 0 Å². The molecule has 0 saturated heterocycles. The summed E-state index contributed by atoms with van der Waals surface area (Å²) < 4.78 is 5.16. The predicted molar refractivity (Wildman–Crippen MR) is 84.4 cm³/mol. The zero-order valence-corrected chi connectivity index (χ0v) is 12.3. The molecule has 3 nitrogen and oxygen atoms in total. The number of anilines is 1. The molecule has 3 heteroatoms. The van der Waals surface area contributed by atoms with Crippen LogP contribution in [0.3, 0.4) is 0 Å². The molecule has 1 unspecified atom stereocenters. The van der Waals surface area contributed by atoms with Gasteiger partial charge in [0.25, 0.3) is 0 Å². The first kappa shape index (κ1) is 14.4. The molecule has 0 aromatic heterocycles. The number of likely N-dealkylation sites (N-methyl/N-ethyl adjacent to an activating group) is 1. The molecule has 0 amide bonds. The lowest BCUT2D eigenvalue weighted by atomic mass is 10.1. The lowest BCUT2D eigenvalue weighted by Gasteiger charge is -2.24. The third-order valence-electron chi connectivity index (χ3n) is 3.46. The third-order valence-corrected chi connectivity index (χ3v) is 3.46. The molecule has 1 atom stereocenters. The van der Waals surface area contributed by atoms with E-state index in [-0.39, 0.29) is 6.04 Å². The Morgan fingerprint density at radius 3 is 2.45 bits per heavy atom. The number of hydrogen-bond donors (Lipinski definition) is 1. The number of benzene rings is 2. The van der Waals surface area contributed by atoms with Crippen molar-refractivity contribution in [2.45, 2.75) is 13.0 Å². The Labute approximate surface area is 121 Å². The van der Waals surface area contributed by atoms with Crippen LogP contribution in [0.5, 0.6) is 5.75 Å². The van der Waals surface area contributed by atoms with E-state index in [2.05, 4.69) is 43.1 Å². The van der Waals surface area contributed by atoms with Gasteiger partial charge in [-0.3, -0.25) is 0 Å². The molecule has 0 heterocycles. The first-order chi connectivity index (χ1) is 9.60. The van der Waals surface area contributed by atoms with Crippen LogP contribution in [0.1, 0.15) is 17.2 Å². The molecule has 106 valence electrons. The maximum atomic E-state index is 6.28. The standard InChI is InChI=1S/C17H22N2O/c1-13-5-4-6-15(11-13)19(2)12-17(18)14-7-9-16(20-3)10-8-14/h4-11,17H,12,18H2,1-3H3. The number of ether oxygens (including phenoxy) is 1. The summed E-state index contributed by atoms with van der Waals surface area (Å²) >= 11 is 0. The smallest absolute Gasteiger partial charge is 0.118 e. The summed E-state index contributed by atoms with van der Waals surface area (Å²) in [5.41, 5.74) is 9.84. The highest BCUT2D eigenvalue weighted by Gasteiger charge is 2.10. The van der Waals surface area contributed by atoms with Gasteiger partial charge in [-0.15, -0.1) is 0 Å². The van der Waals surface area contributed by atoms with E-state index in [1.165, 1.54) is 11.3 Å². The highest BCUT2D eigenvalue weighted by molar-refractivity contribution is 5.48. The summed E-state index contributed by atoms with van der Waals surface area (Å²) in [5.74, 6) is 0.855. The SMILES string of the molecule is COc1ccc(C(N)CN(C)c2cccc(C)c2)cc1. The van der Waals surface area contributed by atoms with Gasteiger partial charge < -0.3 is 15.4 Å². The zero-order chi connectivity index (χ0) is 14.5. The van der Waals surface area contributed by atoms with E-state index in [0.29, 0.717) is 0 Å². The summed E-state index contributed by atoms with van der Waals surface area (Å²) in [6.07, 6.45) is 0. The highest BCUT2D eigenvalue weighted by atomic mass is 16.5. The monoisotopic (exact) mass is 270 g/mol. The van der Waals surface area contributed by atoms with Crippen molar-refractivity contribution in [2.24, 2.45) is 5.73 Å². The Balaban J connectivity index is 2.04. The largest absolute Gasteiger partial charge is 0.497 e. The lowest BCUT2D eigenvalue weighted by Crippen LogP contribution is -2.28. The van der Waals surface area contributed by atoms with Crippen molar-refractivity contribution in [3.05, 3.63) is 59.7 Å². The Kier molecular flexibility index (Phi) is 4.64. The highest BCUT2D eigenvalue weighted by Crippen LogP contribution is 2.20. The van der Waals surface area contributed by atoms with Gasteiger partial charge in [0.05, 0.1) is 7.11 Å². The molecule has 0 fully saturated rings. The van der Waals surface area contributed by atoms with Crippen LogP contribution in [0.25, 0.3) is 0 Å². The van der Waals surface area contributed by atoms with Gasteiger partial charge in [-0.2, -0.15) is 0 Å². The number of nitrogens with two attached hydrogens (primary N) is 1. The van der Waals surface area contributed by atoms with Crippen molar-refractivity contribution in [2.75, 3.05) is 25.6 Å². The van der Waals surface area contributed by atoms with Crippen LogP contribution < -0.4 is 15.4 Å². The Morgan fingerprint density at radius 2 is 1.85 bits per heavy atom. The van der Waals surface area contributed by atoms with E-state index in [9.17, 15) is 0 Å². The molecule has 0 saturated carbocycles. The van der Waals surface area contributed by atoms with Crippen LogP contribution in [0.4, 0.5) is 5.69 Å². The van der Waals surface area contributed by atoms with E-state index in [0.717, 1.165) is 17.9 Å². The summed E-state index contributed by atoms with van der Waals surface area (Å²) in [4.78, 5) is 2.18. The molecule has 2 rings (SSSR count). The van der Waals surface area contributed by atoms with E-state index in [1.54, 1.807) is 7.11 Å². The second-order valence-corrected chi connectivity index (χ2v) is 5.10. The van der Waals surface area contributed by atoms with Crippen molar-refractivity contribution < 1.29 is 4.74 Å². The Hall–Kier alpha value is -2.00. The summed E-state index contributed by atoms with van der Waals surface area (Å²) in [5, 5.41) is 0. The molecular weight excluding hydrogens is 248 g/mol. The zero-order valence-electron chi connectivity index (χ0n) is 12.3. The van der Waals surface area contributed by atoms with Gasteiger partial charge in [0.1, 0.15) is 5.75 Å². The average Bonchev–Trinajstić information content (AvgIpc) is 2.47. The molecule has 0 bridgehead atoms. The van der Waals surface area contributed by atoms with Crippen LogP contribution in [-0.4, -0.2) is 20.7 Å². The molecular formula is C17H22N2O. The lowest BCUT2D eigenvalue weighted by molar-refractivity contribution is 0.414. The number of hydrogen-bond acceptors (Lipinski definition) is 3. The van der Waals surface area contributed by atoms with E-state index >= 15 is 0 Å². The van der Waals surface area contributed by atoms with Crippen LogP contribution >= 0.6 is 0 Å². The minimum Gasteiger partial charge on any atom is -0.497 e. The summed E-state index contributed by atoms with van der Waals surface area (Å²) in [6, 6.07) is 16.4. The third kappa shape index (κ3) is 3.52. The Morgan fingerprint density at radius 1 is 1.15 bits per heavy atom. The molecule has 2 N–H and O–H groups in total. The van der Waals surface area contributed by atoms with Crippen molar-refractivity contribution in [3.8, 4) is 5.75 Å². The normalized spacial score (nSPS) is 12.0. The van der Waals surface area contributed by atoms with Crippen molar-refractivity contribution in [3.63, 3.8) is 0 Å². The molecule has 2 aromatic rings. The second-order valence-electron chi connectivity index (χ2n) is 5.10. The molecule has 0 aliphatic heterocycles. The molecule has 2 aromatic carbocycles. The molecule has 0 aliphatic carbocycles. The maximum absolute atomic E-state index is 6.28. The van der Waals surface area contributed by atoms with Gasteiger partial charge in [0, 0.05) is 25.3 Å². The number of rotatable bonds is 5. The molecule has 0 radical (unpaired) electrons. The summed E-state index contributed by atoms with van der Waals surface area (Å²) in [6.45, 7) is 2.87. The van der Waals surface area contributed by atoms with Crippen LogP contribution in [0, 0.1) is 6.92 Å². The average molecular weight is 270 g/mol. The van der Waals surface area contributed by atoms with E-state index in [4.69, 9.17) is 10.5 Å². The first-order valence-corrected chi connectivity index (χ1v) is 6.77. The number of methoxy groups -OCH3 is 1. The van der Waals surface area contributed by atoms with E-state index in [1.807, 2.05) is 24.3 Å². The van der Waals surface area contributed by atoms with Crippen LogP contribution in [-0.2, 0) is 0 Å². The number of nitrogens with zero attached hydrogens (tertiary/aromatic N) is 1. The fraction of sp³-hybridized carbons (Fsp3) is 0.294. The quantitative estimate of drug-likeness (QED) is 0.907. The minimum absolute atomic E-state index is 0.0218. The fourth-order valence-corrected chi connectivity index (χ4v) is 2.22. The Bertz CT molecular complexity index is 551. The summed E-state index contributed by atoms with van der Waals surface area (Å²) in [7, 11) is 3.73. The second kappa shape index (κ2) is 6.44. The van der Waals surface area contributed by atoms with Gasteiger partial charge >= 0.3 is 0 Å². The molecule has 0 aliphatic rings. The maximum Gasteiger partial charge on any atom is 0.118 e. The van der Waals surface area contributed by atoms with Gasteiger partial charge in [-0.05, 0) is 42.3 Å². The van der Waals surface area contributed by atoms with Crippen molar-refractivity contribution >= 4 is 5.69 Å². The molecule has 20 heavy (non-hydrogen) atoms. The topological polar surface area (TPSA) is 38.5 Å². The number of aryl methyl sites for hydroxylation is 1. The van der Waals surface area contributed by atoms with Gasteiger partial charge in [-0.1, -0.05) is 24.3 Å². The van der Waals surface area contributed by atoms with Gasteiger partial charge in [0.2, 0.25) is 0 Å². The van der Waals surface area contributed by atoms with Gasteiger partial charge in [0.15, 0.2) is 0 Å². The van der Waals surface area contributed by atoms with E-state index < -0.39 is 0 Å². The molecule has 0 spiro atoms. The first-order valence-electron chi connectivity index (χ1n) is 6.77. The van der Waals surface area contributed by atoms with Crippen molar-refractivity contribution in [1.82, 2.24) is 0 Å². The van der Waals surface area contributed by atoms with Gasteiger partial charge in [-0.25, -0.2) is 0 Å².